The van der Waals surface area contributed by atoms with Crippen LogP contribution in [0.2, 0.25) is 0 Å². The molecule has 1 fully saturated rings. The fourth-order valence-electron chi connectivity index (χ4n) is 2.08. The molecule has 0 unspecified atom stereocenters. The minimum absolute atomic E-state index is 0.326. The van der Waals surface area contributed by atoms with Crippen LogP contribution in [-0.4, -0.2) is 25.4 Å². The molecule has 1 aliphatic heterocycles. The normalized spacial score (nSPS) is 20.7. The van der Waals surface area contributed by atoms with Gasteiger partial charge in [-0.25, -0.2) is 4.39 Å². The fourth-order valence-corrected chi connectivity index (χ4v) is 2.08. The first-order chi connectivity index (χ1) is 8.68. The maximum Gasteiger partial charge on any atom is 0.501 e. The van der Waals surface area contributed by atoms with E-state index in [0.29, 0.717) is 11.2 Å². The summed E-state index contributed by atoms with van der Waals surface area (Å²) in [6.45, 7) is 9.56. The van der Waals surface area contributed by atoms with Gasteiger partial charge in [-0.2, -0.15) is 0 Å². The standard InChI is InChI=1S/C14H20BFO3/c1-9-7-10(16)12(11(8-9)17-6)15-18-13(2,3)14(4,5)19-15/h7-8H,1-6H3. The quantitative estimate of drug-likeness (QED) is 0.769. The second-order valence-electron chi connectivity index (χ2n) is 5.95. The van der Waals surface area contributed by atoms with Crippen molar-refractivity contribution >= 4 is 12.6 Å². The molecule has 104 valence electrons. The van der Waals surface area contributed by atoms with Gasteiger partial charge in [0.25, 0.3) is 0 Å². The molecule has 0 spiro atoms. The third-order valence-corrected chi connectivity index (χ3v) is 3.94. The van der Waals surface area contributed by atoms with Crippen molar-refractivity contribution in [2.24, 2.45) is 0 Å². The molecule has 0 saturated carbocycles. The van der Waals surface area contributed by atoms with Gasteiger partial charge in [0, 0.05) is 0 Å². The molecule has 1 aromatic carbocycles. The Balaban J connectivity index is 2.45. The molecule has 1 aliphatic rings. The number of rotatable bonds is 2. The summed E-state index contributed by atoms with van der Waals surface area (Å²) in [6.07, 6.45) is 0. The maximum atomic E-state index is 14.2. The SMILES string of the molecule is COc1cc(C)cc(F)c1B1OC(C)(C)C(C)(C)O1. The Morgan fingerprint density at radius 1 is 1.11 bits per heavy atom. The second kappa shape index (κ2) is 4.49. The largest absolute Gasteiger partial charge is 0.501 e. The van der Waals surface area contributed by atoms with Crippen molar-refractivity contribution in [3.8, 4) is 5.75 Å². The smallest absolute Gasteiger partial charge is 0.497 e. The minimum Gasteiger partial charge on any atom is -0.497 e. The molecule has 0 N–H and O–H groups in total. The lowest BCUT2D eigenvalue weighted by Crippen LogP contribution is -2.41. The Morgan fingerprint density at radius 3 is 2.11 bits per heavy atom. The average Bonchev–Trinajstić information content (AvgIpc) is 2.46. The first-order valence-electron chi connectivity index (χ1n) is 6.37. The number of aryl methyl sites for hydroxylation is 1. The molecule has 1 aromatic rings. The second-order valence-corrected chi connectivity index (χ2v) is 5.95. The third kappa shape index (κ3) is 2.37. The molecule has 2 rings (SSSR count). The maximum absolute atomic E-state index is 14.2. The third-order valence-electron chi connectivity index (χ3n) is 3.94. The topological polar surface area (TPSA) is 27.7 Å². The van der Waals surface area contributed by atoms with Crippen molar-refractivity contribution in [1.82, 2.24) is 0 Å². The van der Waals surface area contributed by atoms with Gasteiger partial charge in [0.05, 0.1) is 23.8 Å². The van der Waals surface area contributed by atoms with Crippen LogP contribution in [0, 0.1) is 12.7 Å². The molecule has 19 heavy (non-hydrogen) atoms. The molecule has 0 amide bonds. The summed E-state index contributed by atoms with van der Waals surface area (Å²) in [4.78, 5) is 0. The van der Waals surface area contributed by atoms with E-state index in [1.165, 1.54) is 13.2 Å². The highest BCUT2D eigenvalue weighted by atomic mass is 19.1. The van der Waals surface area contributed by atoms with E-state index in [9.17, 15) is 4.39 Å². The lowest BCUT2D eigenvalue weighted by molar-refractivity contribution is 0.00578. The lowest BCUT2D eigenvalue weighted by Gasteiger charge is -2.32. The predicted octanol–water partition coefficient (Wildman–Crippen LogP) is 2.44. The number of ether oxygens (including phenoxy) is 1. The van der Waals surface area contributed by atoms with E-state index in [-0.39, 0.29) is 5.82 Å². The van der Waals surface area contributed by atoms with Crippen molar-refractivity contribution in [3.63, 3.8) is 0 Å². The molecule has 1 saturated heterocycles. The molecule has 0 aromatic heterocycles. The van der Waals surface area contributed by atoms with Crippen LogP contribution in [0.15, 0.2) is 12.1 Å². The summed E-state index contributed by atoms with van der Waals surface area (Å²) in [5.41, 5.74) is 0.126. The van der Waals surface area contributed by atoms with Crippen LogP contribution in [0.3, 0.4) is 0 Å². The Morgan fingerprint density at radius 2 is 1.63 bits per heavy atom. The van der Waals surface area contributed by atoms with Gasteiger partial charge in [-0.15, -0.1) is 0 Å². The van der Waals surface area contributed by atoms with Gasteiger partial charge in [-0.05, 0) is 52.3 Å². The van der Waals surface area contributed by atoms with E-state index in [4.69, 9.17) is 14.0 Å². The lowest BCUT2D eigenvalue weighted by atomic mass is 9.77. The number of halogens is 1. The molecule has 0 bridgehead atoms. The highest BCUT2D eigenvalue weighted by molar-refractivity contribution is 6.63. The van der Waals surface area contributed by atoms with Gasteiger partial charge in [0.1, 0.15) is 11.6 Å². The van der Waals surface area contributed by atoms with Crippen molar-refractivity contribution in [2.45, 2.75) is 45.8 Å². The van der Waals surface area contributed by atoms with Crippen LogP contribution in [0.1, 0.15) is 33.3 Å². The van der Waals surface area contributed by atoms with Crippen molar-refractivity contribution in [2.75, 3.05) is 7.11 Å². The minimum atomic E-state index is -0.749. The Bertz CT molecular complexity index is 484. The van der Waals surface area contributed by atoms with Gasteiger partial charge < -0.3 is 14.0 Å². The zero-order valence-corrected chi connectivity index (χ0v) is 12.3. The van der Waals surface area contributed by atoms with Gasteiger partial charge in [0.15, 0.2) is 0 Å². The van der Waals surface area contributed by atoms with Crippen molar-refractivity contribution in [3.05, 3.63) is 23.5 Å². The first kappa shape index (κ1) is 14.3. The Labute approximate surface area is 114 Å². The van der Waals surface area contributed by atoms with Crippen LogP contribution < -0.4 is 10.2 Å². The average molecular weight is 266 g/mol. The summed E-state index contributed by atoms with van der Waals surface area (Å²) in [5.74, 6) is 0.0892. The summed E-state index contributed by atoms with van der Waals surface area (Å²) in [7, 11) is 0.767. The summed E-state index contributed by atoms with van der Waals surface area (Å²) in [5, 5.41) is 0. The molecule has 1 heterocycles. The fraction of sp³-hybridized carbons (Fsp3) is 0.571. The Kier molecular flexibility index (Phi) is 3.39. The zero-order valence-electron chi connectivity index (χ0n) is 12.3. The molecule has 3 nitrogen and oxygen atoms in total. The molecular formula is C14H20BFO3. The highest BCUT2D eigenvalue weighted by Gasteiger charge is 2.53. The van der Waals surface area contributed by atoms with Gasteiger partial charge >= 0.3 is 7.12 Å². The summed E-state index contributed by atoms with van der Waals surface area (Å²) in [6, 6.07) is 3.24. The Hall–Kier alpha value is -1.07. The van der Waals surface area contributed by atoms with E-state index in [1.807, 2.05) is 34.6 Å². The van der Waals surface area contributed by atoms with Crippen LogP contribution in [0.5, 0.6) is 5.75 Å². The van der Waals surface area contributed by atoms with E-state index in [0.717, 1.165) is 5.56 Å². The first-order valence-corrected chi connectivity index (χ1v) is 6.37. The van der Waals surface area contributed by atoms with Crippen LogP contribution in [0.4, 0.5) is 4.39 Å². The molecular weight excluding hydrogens is 246 g/mol. The van der Waals surface area contributed by atoms with Crippen LogP contribution >= 0.6 is 0 Å². The van der Waals surface area contributed by atoms with E-state index >= 15 is 0 Å². The molecule has 5 heteroatoms. The summed E-state index contributed by atoms with van der Waals surface area (Å²) >= 11 is 0. The number of hydrogen-bond donors (Lipinski definition) is 0. The van der Waals surface area contributed by atoms with Gasteiger partial charge in [-0.1, -0.05) is 0 Å². The number of hydrogen-bond acceptors (Lipinski definition) is 3. The van der Waals surface area contributed by atoms with E-state index < -0.39 is 18.3 Å². The monoisotopic (exact) mass is 266 g/mol. The van der Waals surface area contributed by atoms with Crippen molar-refractivity contribution in [1.29, 1.82) is 0 Å². The summed E-state index contributed by atoms with van der Waals surface area (Å²) < 4.78 is 31.2. The van der Waals surface area contributed by atoms with Gasteiger partial charge in [-0.3, -0.25) is 0 Å². The zero-order chi connectivity index (χ0) is 14.4. The molecule has 0 radical (unpaired) electrons. The van der Waals surface area contributed by atoms with Crippen LogP contribution in [0.25, 0.3) is 0 Å². The molecule has 0 aliphatic carbocycles. The molecule has 0 atom stereocenters. The highest BCUT2D eigenvalue weighted by Crippen LogP contribution is 2.37. The predicted molar refractivity (Wildman–Crippen MR) is 73.4 cm³/mol. The van der Waals surface area contributed by atoms with Gasteiger partial charge in [0.2, 0.25) is 0 Å². The van der Waals surface area contributed by atoms with Crippen LogP contribution in [-0.2, 0) is 9.31 Å². The van der Waals surface area contributed by atoms with E-state index in [2.05, 4.69) is 0 Å². The number of benzene rings is 1. The van der Waals surface area contributed by atoms with Crippen molar-refractivity contribution < 1.29 is 18.4 Å². The number of methoxy groups -OCH3 is 1. The van der Waals surface area contributed by atoms with E-state index in [1.54, 1.807) is 6.07 Å².